The predicted octanol–water partition coefficient (Wildman–Crippen LogP) is 1.80. The third-order valence-corrected chi connectivity index (χ3v) is 2.99. The van der Waals surface area contributed by atoms with Crippen molar-refractivity contribution < 1.29 is 4.79 Å². The smallest absolute Gasteiger partial charge is 0.220 e. The van der Waals surface area contributed by atoms with Gasteiger partial charge in [-0.05, 0) is 31.0 Å². The Bertz CT molecular complexity index is 536. The number of H-pyrrole nitrogens is 1. The van der Waals surface area contributed by atoms with Crippen molar-refractivity contribution >= 4 is 11.6 Å². The normalized spacial score (nSPS) is 12.1. The molecule has 0 fully saturated rings. The van der Waals surface area contributed by atoms with E-state index in [-0.39, 0.29) is 11.9 Å². The molecular formula is C14H18N4O. The summed E-state index contributed by atoms with van der Waals surface area (Å²) >= 11 is 0. The number of rotatable bonds is 5. The van der Waals surface area contributed by atoms with Gasteiger partial charge in [-0.1, -0.05) is 12.1 Å². The lowest BCUT2D eigenvalue weighted by atomic mass is 10.1. The molecule has 5 nitrogen and oxygen atoms in total. The Morgan fingerprint density at radius 3 is 3.05 bits per heavy atom. The van der Waals surface area contributed by atoms with Crippen molar-refractivity contribution in [3.63, 3.8) is 0 Å². The molecule has 1 unspecified atom stereocenters. The third-order valence-electron chi connectivity index (χ3n) is 2.99. The number of carbonyl (C=O) groups is 1. The molecule has 100 valence electrons. The lowest BCUT2D eigenvalue weighted by Crippen LogP contribution is -2.26. The predicted molar refractivity (Wildman–Crippen MR) is 74.3 cm³/mol. The molecule has 0 saturated heterocycles. The number of nitrogens with two attached hydrogens (primary N) is 1. The van der Waals surface area contributed by atoms with E-state index in [9.17, 15) is 4.79 Å². The summed E-state index contributed by atoms with van der Waals surface area (Å²) in [6, 6.07) is 7.57. The number of nitrogen functional groups attached to an aromatic ring is 1. The van der Waals surface area contributed by atoms with Gasteiger partial charge in [-0.15, -0.1) is 0 Å². The first-order valence-corrected chi connectivity index (χ1v) is 6.27. The van der Waals surface area contributed by atoms with Crippen molar-refractivity contribution in [2.75, 3.05) is 5.73 Å². The van der Waals surface area contributed by atoms with Crippen LogP contribution in [0.2, 0.25) is 0 Å². The zero-order valence-corrected chi connectivity index (χ0v) is 10.9. The molecule has 2 aromatic rings. The maximum atomic E-state index is 11.8. The van der Waals surface area contributed by atoms with E-state index in [1.807, 2.05) is 31.2 Å². The molecule has 0 saturated carbocycles. The van der Waals surface area contributed by atoms with Gasteiger partial charge in [-0.2, -0.15) is 5.10 Å². The molecule has 0 aliphatic heterocycles. The molecule has 1 amide bonds. The number of nitrogens with zero attached hydrogens (tertiary/aromatic N) is 1. The van der Waals surface area contributed by atoms with Crippen molar-refractivity contribution in [3.05, 3.63) is 47.8 Å². The second-order valence-corrected chi connectivity index (χ2v) is 4.57. The van der Waals surface area contributed by atoms with Gasteiger partial charge in [0.15, 0.2) is 0 Å². The van der Waals surface area contributed by atoms with E-state index in [0.717, 1.165) is 16.8 Å². The van der Waals surface area contributed by atoms with E-state index in [2.05, 4.69) is 15.5 Å². The Kier molecular flexibility index (Phi) is 4.18. The molecule has 1 heterocycles. The first-order valence-electron chi connectivity index (χ1n) is 6.27. The maximum Gasteiger partial charge on any atom is 0.220 e. The summed E-state index contributed by atoms with van der Waals surface area (Å²) in [5, 5.41) is 9.53. The van der Waals surface area contributed by atoms with E-state index in [4.69, 9.17) is 5.73 Å². The Balaban J connectivity index is 1.82. The largest absolute Gasteiger partial charge is 0.399 e. The Labute approximate surface area is 112 Å². The molecule has 2 rings (SSSR count). The fourth-order valence-corrected chi connectivity index (χ4v) is 1.90. The molecule has 0 spiro atoms. The summed E-state index contributed by atoms with van der Waals surface area (Å²) in [5.41, 5.74) is 8.47. The SMILES string of the molecule is CC(NC(=O)CCc1cccc(N)c1)c1cn[nH]c1. The molecule has 0 aliphatic rings. The molecular weight excluding hydrogens is 240 g/mol. The van der Waals surface area contributed by atoms with Crippen LogP contribution in [0.1, 0.15) is 30.5 Å². The van der Waals surface area contributed by atoms with Gasteiger partial charge in [0.25, 0.3) is 0 Å². The monoisotopic (exact) mass is 258 g/mol. The lowest BCUT2D eigenvalue weighted by Gasteiger charge is -2.12. The fourth-order valence-electron chi connectivity index (χ4n) is 1.90. The molecule has 4 N–H and O–H groups in total. The summed E-state index contributed by atoms with van der Waals surface area (Å²) in [7, 11) is 0. The van der Waals surface area contributed by atoms with Gasteiger partial charge in [-0.3, -0.25) is 9.89 Å². The van der Waals surface area contributed by atoms with Crippen LogP contribution >= 0.6 is 0 Å². The second kappa shape index (κ2) is 6.04. The van der Waals surface area contributed by atoms with Crippen LogP contribution < -0.4 is 11.1 Å². The number of benzene rings is 1. The van der Waals surface area contributed by atoms with Crippen LogP contribution in [0.5, 0.6) is 0 Å². The number of hydrogen-bond donors (Lipinski definition) is 3. The zero-order valence-electron chi connectivity index (χ0n) is 10.9. The van der Waals surface area contributed by atoms with Crippen molar-refractivity contribution in [1.82, 2.24) is 15.5 Å². The van der Waals surface area contributed by atoms with Crippen LogP contribution in [0.4, 0.5) is 5.69 Å². The quantitative estimate of drug-likeness (QED) is 0.715. The number of carbonyl (C=O) groups excluding carboxylic acids is 1. The minimum atomic E-state index is -0.0351. The van der Waals surface area contributed by atoms with Crippen LogP contribution in [-0.4, -0.2) is 16.1 Å². The van der Waals surface area contributed by atoms with Crippen LogP contribution in [0.3, 0.4) is 0 Å². The number of aryl methyl sites for hydroxylation is 1. The highest BCUT2D eigenvalue weighted by Crippen LogP contribution is 2.11. The van der Waals surface area contributed by atoms with Crippen molar-refractivity contribution in [3.8, 4) is 0 Å². The van der Waals surface area contributed by atoms with Crippen molar-refractivity contribution in [2.45, 2.75) is 25.8 Å². The summed E-state index contributed by atoms with van der Waals surface area (Å²) in [5.74, 6) is 0.0242. The van der Waals surface area contributed by atoms with Crippen LogP contribution in [0, 0.1) is 0 Å². The second-order valence-electron chi connectivity index (χ2n) is 4.57. The van der Waals surface area contributed by atoms with Crippen molar-refractivity contribution in [1.29, 1.82) is 0 Å². The zero-order chi connectivity index (χ0) is 13.7. The summed E-state index contributed by atoms with van der Waals surface area (Å²) < 4.78 is 0. The van der Waals surface area contributed by atoms with Gasteiger partial charge in [0.2, 0.25) is 5.91 Å². The average Bonchev–Trinajstić information content (AvgIpc) is 2.90. The minimum Gasteiger partial charge on any atom is -0.399 e. The van der Waals surface area contributed by atoms with E-state index < -0.39 is 0 Å². The molecule has 0 bridgehead atoms. The van der Waals surface area contributed by atoms with Gasteiger partial charge in [0, 0.05) is 23.9 Å². The van der Waals surface area contributed by atoms with Gasteiger partial charge < -0.3 is 11.1 Å². The summed E-state index contributed by atoms with van der Waals surface area (Å²) in [4.78, 5) is 11.8. The Morgan fingerprint density at radius 1 is 1.53 bits per heavy atom. The van der Waals surface area contributed by atoms with E-state index in [1.165, 1.54) is 0 Å². The van der Waals surface area contributed by atoms with Crippen molar-refractivity contribution in [2.24, 2.45) is 0 Å². The lowest BCUT2D eigenvalue weighted by molar-refractivity contribution is -0.121. The van der Waals surface area contributed by atoms with Crippen LogP contribution in [0.25, 0.3) is 0 Å². The maximum absolute atomic E-state index is 11.8. The third kappa shape index (κ3) is 3.84. The van der Waals surface area contributed by atoms with E-state index >= 15 is 0 Å². The molecule has 0 aliphatic carbocycles. The molecule has 0 radical (unpaired) electrons. The van der Waals surface area contributed by atoms with Gasteiger partial charge in [-0.25, -0.2) is 0 Å². The first kappa shape index (κ1) is 13.1. The Morgan fingerprint density at radius 2 is 2.37 bits per heavy atom. The minimum absolute atomic E-state index is 0.0242. The Hall–Kier alpha value is -2.30. The highest BCUT2D eigenvalue weighted by molar-refractivity contribution is 5.76. The number of amides is 1. The van der Waals surface area contributed by atoms with Gasteiger partial charge >= 0.3 is 0 Å². The number of hydrogen-bond acceptors (Lipinski definition) is 3. The average molecular weight is 258 g/mol. The summed E-state index contributed by atoms with van der Waals surface area (Å²) in [6.07, 6.45) is 4.63. The number of nitrogens with one attached hydrogen (secondary N) is 2. The molecule has 1 aromatic heterocycles. The molecule has 1 aromatic carbocycles. The number of anilines is 1. The highest BCUT2D eigenvalue weighted by Gasteiger charge is 2.10. The van der Waals surface area contributed by atoms with Gasteiger partial charge in [0.05, 0.1) is 12.2 Å². The van der Waals surface area contributed by atoms with E-state index in [1.54, 1.807) is 12.4 Å². The van der Waals surface area contributed by atoms with E-state index in [0.29, 0.717) is 12.8 Å². The van der Waals surface area contributed by atoms with Gasteiger partial charge in [0.1, 0.15) is 0 Å². The molecule has 5 heteroatoms. The summed E-state index contributed by atoms with van der Waals surface area (Å²) in [6.45, 7) is 1.93. The topological polar surface area (TPSA) is 83.8 Å². The molecule has 1 atom stereocenters. The van der Waals surface area contributed by atoms with Crippen LogP contribution in [-0.2, 0) is 11.2 Å². The first-order chi connectivity index (χ1) is 9.15. The van der Waals surface area contributed by atoms with Crippen LogP contribution in [0.15, 0.2) is 36.7 Å². The fraction of sp³-hybridized carbons (Fsp3) is 0.286. The molecule has 19 heavy (non-hydrogen) atoms. The highest BCUT2D eigenvalue weighted by atomic mass is 16.1. The standard InChI is InChI=1S/C14H18N4O/c1-10(12-8-16-17-9-12)18-14(19)6-5-11-3-2-4-13(15)7-11/h2-4,7-10H,5-6,15H2,1H3,(H,16,17)(H,18,19). The number of aromatic nitrogens is 2. The number of aromatic amines is 1.